The van der Waals surface area contributed by atoms with Gasteiger partial charge in [0.2, 0.25) is 0 Å². The fraction of sp³-hybridized carbons (Fsp3) is 0. The fourth-order valence-electron chi connectivity index (χ4n) is 8.72. The Balaban J connectivity index is 1.32. The Morgan fingerprint density at radius 1 is 0.351 bits per heavy atom. The summed E-state index contributed by atoms with van der Waals surface area (Å²) in [6.07, 6.45) is 0. The number of benzene rings is 8. The number of aromatic nitrogens is 5. The van der Waals surface area contributed by atoms with Gasteiger partial charge in [-0.3, -0.25) is 0 Å². The third-order valence-electron chi connectivity index (χ3n) is 11.2. The van der Waals surface area contributed by atoms with Crippen LogP contribution in [0.5, 0.6) is 0 Å². The molecule has 6 heteroatoms. The minimum atomic E-state index is 0.560. The largest absolute Gasteiger partial charge is 0.454 e. The summed E-state index contributed by atoms with van der Waals surface area (Å²) in [4.78, 5) is 15.8. The van der Waals surface area contributed by atoms with Crippen molar-refractivity contribution in [2.24, 2.45) is 0 Å². The van der Waals surface area contributed by atoms with Gasteiger partial charge in [0.15, 0.2) is 23.1 Å². The zero-order valence-electron chi connectivity index (χ0n) is 30.5. The third kappa shape index (κ3) is 4.74. The molecule has 0 aliphatic heterocycles. The van der Waals surface area contributed by atoms with E-state index in [0.29, 0.717) is 17.5 Å². The normalized spacial score (nSPS) is 11.9. The molecule has 0 radical (unpaired) electrons. The highest BCUT2D eigenvalue weighted by atomic mass is 16.3. The number of hydrogen-bond donors (Lipinski definition) is 0. The predicted octanol–water partition coefficient (Wildman–Crippen LogP) is 13.0. The minimum absolute atomic E-state index is 0.560. The molecule has 0 unspecified atom stereocenters. The lowest BCUT2D eigenvalue weighted by Crippen LogP contribution is -2.06. The van der Waals surface area contributed by atoms with E-state index in [-0.39, 0.29) is 0 Å². The number of nitrogens with zero attached hydrogens (tertiary/aromatic N) is 5. The average Bonchev–Trinajstić information content (AvgIpc) is 3.95. The summed E-state index contributed by atoms with van der Waals surface area (Å²) >= 11 is 0. The van der Waals surface area contributed by atoms with E-state index in [1.165, 1.54) is 21.5 Å². The number of furan rings is 1. The molecule has 4 aromatic heterocycles. The van der Waals surface area contributed by atoms with Gasteiger partial charge in [0.25, 0.3) is 0 Å². The van der Waals surface area contributed by atoms with Gasteiger partial charge >= 0.3 is 0 Å². The van der Waals surface area contributed by atoms with Gasteiger partial charge in [-0.1, -0.05) is 152 Å². The molecule has 12 aromatic rings. The molecule has 0 N–H and O–H groups in total. The van der Waals surface area contributed by atoms with Crippen LogP contribution in [0.4, 0.5) is 0 Å². The van der Waals surface area contributed by atoms with E-state index in [0.717, 1.165) is 72.1 Å². The van der Waals surface area contributed by atoms with Crippen LogP contribution in [0.2, 0.25) is 0 Å². The Kier molecular flexibility index (Phi) is 6.83. The molecule has 0 atom stereocenters. The molecule has 57 heavy (non-hydrogen) atoms. The Morgan fingerprint density at radius 3 is 1.23 bits per heavy atom. The van der Waals surface area contributed by atoms with Crippen molar-refractivity contribution in [1.82, 2.24) is 24.1 Å². The third-order valence-corrected chi connectivity index (χ3v) is 11.2. The van der Waals surface area contributed by atoms with Crippen molar-refractivity contribution >= 4 is 65.6 Å². The summed E-state index contributed by atoms with van der Waals surface area (Å²) in [5, 5.41) is 6.61. The van der Waals surface area contributed by atoms with Crippen LogP contribution in [0.25, 0.3) is 111 Å². The first kappa shape index (κ1) is 31.5. The van der Waals surface area contributed by atoms with Gasteiger partial charge in [-0.25, -0.2) is 15.0 Å². The highest BCUT2D eigenvalue weighted by Gasteiger charge is 2.28. The number of para-hydroxylation sites is 5. The second-order valence-corrected chi connectivity index (χ2v) is 14.4. The van der Waals surface area contributed by atoms with Gasteiger partial charge in [0.05, 0.1) is 39.0 Å². The monoisotopic (exact) mass is 729 g/mol. The van der Waals surface area contributed by atoms with Crippen molar-refractivity contribution in [3.05, 3.63) is 188 Å². The van der Waals surface area contributed by atoms with Crippen LogP contribution in [-0.4, -0.2) is 24.1 Å². The lowest BCUT2D eigenvalue weighted by Gasteiger charge is -2.19. The van der Waals surface area contributed by atoms with E-state index in [2.05, 4.69) is 149 Å². The van der Waals surface area contributed by atoms with Crippen molar-refractivity contribution < 1.29 is 4.42 Å². The second-order valence-electron chi connectivity index (χ2n) is 14.4. The van der Waals surface area contributed by atoms with Crippen LogP contribution in [0.15, 0.2) is 192 Å². The molecule has 0 saturated carbocycles. The lowest BCUT2D eigenvalue weighted by atomic mass is 10.0. The summed E-state index contributed by atoms with van der Waals surface area (Å²) in [6, 6.07) is 65.4. The maximum atomic E-state index is 7.04. The van der Waals surface area contributed by atoms with Crippen molar-refractivity contribution in [3.63, 3.8) is 0 Å². The zero-order valence-corrected chi connectivity index (χ0v) is 30.5. The summed E-state index contributed by atoms with van der Waals surface area (Å²) in [5.41, 5.74) is 10.5. The minimum Gasteiger partial charge on any atom is -0.454 e. The number of fused-ring (bicyclic) bond motifs is 9. The molecule has 0 bridgehead atoms. The molecule has 0 aliphatic rings. The van der Waals surface area contributed by atoms with E-state index in [1.54, 1.807) is 0 Å². The number of rotatable bonds is 5. The molecule has 4 heterocycles. The van der Waals surface area contributed by atoms with Crippen LogP contribution >= 0.6 is 0 Å². The highest BCUT2D eigenvalue weighted by molar-refractivity contribution is 6.19. The van der Waals surface area contributed by atoms with Crippen LogP contribution in [0.1, 0.15) is 0 Å². The van der Waals surface area contributed by atoms with Gasteiger partial charge in [-0.05, 0) is 36.4 Å². The van der Waals surface area contributed by atoms with Gasteiger partial charge in [0.1, 0.15) is 5.58 Å². The molecule has 0 spiro atoms. The highest BCUT2D eigenvalue weighted by Crippen LogP contribution is 2.47. The zero-order chi connectivity index (χ0) is 37.5. The molecular weight excluding hydrogens is 699 g/mol. The van der Waals surface area contributed by atoms with Crippen LogP contribution < -0.4 is 0 Å². The van der Waals surface area contributed by atoms with Gasteiger partial charge in [-0.2, -0.15) is 0 Å². The molecular formula is C51H31N5O. The molecule has 0 fully saturated rings. The molecule has 0 amide bonds. The maximum absolute atomic E-state index is 7.04. The molecule has 266 valence electrons. The first-order valence-corrected chi connectivity index (χ1v) is 19.1. The molecule has 8 aromatic carbocycles. The standard InChI is InChI=1S/C51H31N5O/c1-3-17-32(18-4-1)49-52-50(33-19-5-2-6-20-33)54-51(53-49)47-43(55-39-26-12-7-21-34(39)35-22-8-13-27-40(35)55)31-44(48-46(47)38-25-11-16-30-45(38)57-48)56-41-28-14-9-23-36(41)37-24-10-15-29-42(37)56/h1-31H. The van der Waals surface area contributed by atoms with Gasteiger partial charge in [-0.15, -0.1) is 0 Å². The summed E-state index contributed by atoms with van der Waals surface area (Å²) < 4.78 is 11.8. The van der Waals surface area contributed by atoms with Gasteiger partial charge in [0, 0.05) is 43.4 Å². The molecule has 12 rings (SSSR count). The van der Waals surface area contributed by atoms with Crippen LogP contribution in [-0.2, 0) is 0 Å². The average molecular weight is 730 g/mol. The lowest BCUT2D eigenvalue weighted by molar-refractivity contribution is 0.666. The van der Waals surface area contributed by atoms with Crippen LogP contribution in [0.3, 0.4) is 0 Å². The summed E-state index contributed by atoms with van der Waals surface area (Å²) in [7, 11) is 0. The fourth-order valence-corrected chi connectivity index (χ4v) is 8.72. The Hall–Kier alpha value is -7.83. The van der Waals surface area contributed by atoms with Crippen molar-refractivity contribution in [3.8, 4) is 45.5 Å². The molecule has 6 nitrogen and oxygen atoms in total. The second kappa shape index (κ2) is 12.3. The predicted molar refractivity (Wildman–Crippen MR) is 232 cm³/mol. The van der Waals surface area contributed by atoms with Crippen LogP contribution in [0, 0.1) is 0 Å². The Labute approximate surface area is 326 Å². The van der Waals surface area contributed by atoms with Crippen molar-refractivity contribution in [1.29, 1.82) is 0 Å². The quantitative estimate of drug-likeness (QED) is 0.177. The first-order valence-electron chi connectivity index (χ1n) is 19.1. The molecule has 0 aliphatic carbocycles. The van der Waals surface area contributed by atoms with E-state index in [9.17, 15) is 0 Å². The Morgan fingerprint density at radius 2 is 0.737 bits per heavy atom. The van der Waals surface area contributed by atoms with Crippen molar-refractivity contribution in [2.45, 2.75) is 0 Å². The van der Waals surface area contributed by atoms with Crippen molar-refractivity contribution in [2.75, 3.05) is 0 Å². The Bertz CT molecular complexity index is 3360. The molecule has 0 saturated heterocycles. The topological polar surface area (TPSA) is 61.7 Å². The summed E-state index contributed by atoms with van der Waals surface area (Å²) in [6.45, 7) is 0. The first-order chi connectivity index (χ1) is 28.3. The van der Waals surface area contributed by atoms with E-state index < -0.39 is 0 Å². The van der Waals surface area contributed by atoms with Gasteiger partial charge < -0.3 is 13.6 Å². The van der Waals surface area contributed by atoms with E-state index in [4.69, 9.17) is 19.4 Å². The smallest absolute Gasteiger partial charge is 0.166 e. The van der Waals surface area contributed by atoms with E-state index in [1.807, 2.05) is 48.5 Å². The maximum Gasteiger partial charge on any atom is 0.166 e. The summed E-state index contributed by atoms with van der Waals surface area (Å²) in [5.74, 6) is 1.75. The number of hydrogen-bond acceptors (Lipinski definition) is 4. The SMILES string of the molecule is c1ccc(-c2nc(-c3ccccc3)nc(-c3c(-n4c5ccccc5c5ccccc54)cc(-n4c5ccccc5c5ccccc54)c4oc5ccccc5c34)n2)cc1. The van der Waals surface area contributed by atoms with E-state index >= 15 is 0 Å².